The van der Waals surface area contributed by atoms with Crippen LogP contribution >= 0.6 is 0 Å². The fraction of sp³-hybridized carbons (Fsp3) is 0.393. The molecule has 0 saturated carbocycles. The van der Waals surface area contributed by atoms with Gasteiger partial charge < -0.3 is 10.2 Å². The second kappa shape index (κ2) is 8.59. The van der Waals surface area contributed by atoms with Crippen molar-refractivity contribution in [2.24, 2.45) is 0 Å². The fourth-order valence-corrected chi connectivity index (χ4v) is 5.56. The molecule has 5 rings (SSSR count). The first kappa shape index (κ1) is 21.0. The van der Waals surface area contributed by atoms with E-state index in [0.717, 1.165) is 50.4 Å². The van der Waals surface area contributed by atoms with Gasteiger partial charge in [-0.1, -0.05) is 61.2 Å². The number of allylic oxidation sites excluding steroid dienone is 1. The Balaban J connectivity index is 1.23. The van der Waals surface area contributed by atoms with Crippen LogP contribution in [0.15, 0.2) is 61.3 Å². The number of fused-ring (bicyclic) bond motifs is 1. The van der Waals surface area contributed by atoms with Crippen LogP contribution in [-0.2, 0) is 17.9 Å². The Morgan fingerprint density at radius 3 is 2.62 bits per heavy atom. The van der Waals surface area contributed by atoms with Gasteiger partial charge in [0.2, 0.25) is 5.91 Å². The van der Waals surface area contributed by atoms with Crippen molar-refractivity contribution < 1.29 is 4.79 Å². The highest BCUT2D eigenvalue weighted by Crippen LogP contribution is 2.38. The first-order chi connectivity index (χ1) is 15.5. The number of nitrogens with one attached hydrogen (secondary N) is 1. The highest BCUT2D eigenvalue weighted by atomic mass is 16.2. The molecule has 4 heteroatoms. The van der Waals surface area contributed by atoms with Gasteiger partial charge >= 0.3 is 0 Å². The molecule has 0 aliphatic carbocycles. The number of hydrogen-bond donors (Lipinski definition) is 1. The van der Waals surface area contributed by atoms with E-state index in [1.165, 1.54) is 40.7 Å². The molecule has 0 bridgehead atoms. The average Bonchev–Trinajstić information content (AvgIpc) is 3.10. The second-order valence-corrected chi connectivity index (χ2v) is 9.68. The molecule has 3 heterocycles. The Morgan fingerprint density at radius 1 is 1.06 bits per heavy atom. The Labute approximate surface area is 191 Å². The van der Waals surface area contributed by atoms with Crippen molar-refractivity contribution >= 4 is 11.6 Å². The van der Waals surface area contributed by atoms with Gasteiger partial charge in [0.25, 0.3) is 0 Å². The van der Waals surface area contributed by atoms with Crippen LogP contribution in [0.25, 0.3) is 5.70 Å². The maximum atomic E-state index is 12.5. The molecule has 3 aliphatic rings. The minimum Gasteiger partial charge on any atom is -0.355 e. The maximum Gasteiger partial charge on any atom is 0.246 e. The van der Waals surface area contributed by atoms with Crippen LogP contribution in [0.3, 0.4) is 0 Å². The van der Waals surface area contributed by atoms with E-state index in [0.29, 0.717) is 5.92 Å². The number of carbonyl (C=O) groups is 1. The molecule has 2 saturated heterocycles. The van der Waals surface area contributed by atoms with Crippen molar-refractivity contribution in [3.63, 3.8) is 0 Å². The molecule has 0 spiro atoms. The predicted octanol–water partition coefficient (Wildman–Crippen LogP) is 4.95. The zero-order valence-corrected chi connectivity index (χ0v) is 19.1. The lowest BCUT2D eigenvalue weighted by Gasteiger charge is -2.33. The van der Waals surface area contributed by atoms with Gasteiger partial charge in [-0.3, -0.25) is 9.69 Å². The van der Waals surface area contributed by atoms with Gasteiger partial charge in [-0.05, 0) is 68.3 Å². The van der Waals surface area contributed by atoms with E-state index < -0.39 is 0 Å². The SMILES string of the molecule is C=C1CCC(N2Cc3cc(C4CCN(Cc5cccc(C)c5)CC4)ccc3C2=C)C(=O)N1. The van der Waals surface area contributed by atoms with E-state index in [1.807, 2.05) is 0 Å². The van der Waals surface area contributed by atoms with Crippen molar-refractivity contribution in [1.29, 1.82) is 0 Å². The highest BCUT2D eigenvalue weighted by molar-refractivity contribution is 5.87. The summed E-state index contributed by atoms with van der Waals surface area (Å²) < 4.78 is 0. The summed E-state index contributed by atoms with van der Waals surface area (Å²) in [4.78, 5) is 17.3. The van der Waals surface area contributed by atoms with E-state index in [9.17, 15) is 4.79 Å². The lowest BCUT2D eigenvalue weighted by Crippen LogP contribution is -2.47. The number of benzene rings is 2. The quantitative estimate of drug-likeness (QED) is 0.750. The van der Waals surface area contributed by atoms with Crippen LogP contribution in [0.4, 0.5) is 0 Å². The van der Waals surface area contributed by atoms with Crippen LogP contribution in [0.5, 0.6) is 0 Å². The van der Waals surface area contributed by atoms with E-state index in [2.05, 4.69) is 77.7 Å². The van der Waals surface area contributed by atoms with Crippen LogP contribution in [0.1, 0.15) is 59.4 Å². The minimum absolute atomic E-state index is 0.0522. The molecule has 3 aliphatic heterocycles. The highest BCUT2D eigenvalue weighted by Gasteiger charge is 2.35. The van der Waals surface area contributed by atoms with E-state index >= 15 is 0 Å². The summed E-state index contributed by atoms with van der Waals surface area (Å²) in [6.45, 7) is 14.5. The molecule has 1 amide bonds. The van der Waals surface area contributed by atoms with Crippen LogP contribution in [0, 0.1) is 6.92 Å². The standard InChI is InChI=1S/C28H33N3O/c1-19-5-4-6-22(15-19)17-30-13-11-23(12-14-30)24-8-9-26-21(3)31(18-25(26)16-24)27-10-7-20(2)29-28(27)32/h4-6,8-9,15-16,23,27H,2-3,7,10-14,17-18H2,1H3,(H,29,32). The predicted molar refractivity (Wildman–Crippen MR) is 130 cm³/mol. The van der Waals surface area contributed by atoms with Gasteiger partial charge in [0.05, 0.1) is 0 Å². The monoisotopic (exact) mass is 427 g/mol. The van der Waals surface area contributed by atoms with Gasteiger partial charge in [0.15, 0.2) is 0 Å². The molecule has 4 nitrogen and oxygen atoms in total. The molecule has 166 valence electrons. The topological polar surface area (TPSA) is 35.6 Å². The summed E-state index contributed by atoms with van der Waals surface area (Å²) in [7, 11) is 0. The molecule has 2 fully saturated rings. The number of aryl methyl sites for hydroxylation is 1. The summed E-state index contributed by atoms with van der Waals surface area (Å²) in [5.74, 6) is 0.661. The summed E-state index contributed by atoms with van der Waals surface area (Å²) in [5, 5.41) is 2.92. The van der Waals surface area contributed by atoms with Crippen LogP contribution in [0.2, 0.25) is 0 Å². The minimum atomic E-state index is -0.145. The number of rotatable bonds is 4. The summed E-state index contributed by atoms with van der Waals surface area (Å²) in [6.07, 6.45) is 4.04. The third-order valence-electron chi connectivity index (χ3n) is 7.37. The molecule has 1 unspecified atom stereocenters. The third kappa shape index (κ3) is 4.12. The smallest absolute Gasteiger partial charge is 0.246 e. The lowest BCUT2D eigenvalue weighted by atomic mass is 9.87. The van der Waals surface area contributed by atoms with E-state index in [-0.39, 0.29) is 11.9 Å². The van der Waals surface area contributed by atoms with E-state index in [4.69, 9.17) is 0 Å². The molecule has 1 N–H and O–H groups in total. The number of hydrogen-bond acceptors (Lipinski definition) is 3. The molecule has 2 aromatic carbocycles. The number of carbonyl (C=O) groups excluding carboxylic acids is 1. The molecule has 1 atom stereocenters. The molecule has 32 heavy (non-hydrogen) atoms. The zero-order valence-electron chi connectivity index (χ0n) is 19.1. The number of likely N-dealkylation sites (tertiary alicyclic amines) is 1. The number of piperidine rings is 2. The third-order valence-corrected chi connectivity index (χ3v) is 7.37. The molecule has 0 radical (unpaired) electrons. The molecular formula is C28H33N3O. The van der Waals surface area contributed by atoms with Gasteiger partial charge in [0.1, 0.15) is 6.04 Å². The molecule has 0 aromatic heterocycles. The van der Waals surface area contributed by atoms with Gasteiger partial charge in [-0.25, -0.2) is 0 Å². The van der Waals surface area contributed by atoms with Gasteiger partial charge in [0, 0.05) is 30.0 Å². The van der Waals surface area contributed by atoms with Gasteiger partial charge in [-0.15, -0.1) is 0 Å². The van der Waals surface area contributed by atoms with Crippen molar-refractivity contribution in [3.05, 3.63) is 89.1 Å². The summed E-state index contributed by atoms with van der Waals surface area (Å²) in [5.41, 5.74) is 8.50. The number of nitrogens with zero attached hydrogens (tertiary/aromatic N) is 2. The fourth-order valence-electron chi connectivity index (χ4n) is 5.56. The van der Waals surface area contributed by atoms with Crippen LogP contribution in [-0.4, -0.2) is 34.8 Å². The Kier molecular flexibility index (Phi) is 5.64. The maximum absolute atomic E-state index is 12.5. The van der Waals surface area contributed by atoms with Gasteiger partial charge in [-0.2, -0.15) is 0 Å². The Bertz CT molecular complexity index is 1060. The van der Waals surface area contributed by atoms with Crippen molar-refractivity contribution in [1.82, 2.24) is 15.1 Å². The summed E-state index contributed by atoms with van der Waals surface area (Å²) in [6, 6.07) is 15.6. The van der Waals surface area contributed by atoms with Crippen molar-refractivity contribution in [3.8, 4) is 0 Å². The molecule has 2 aromatic rings. The first-order valence-electron chi connectivity index (χ1n) is 11.8. The Morgan fingerprint density at radius 2 is 1.88 bits per heavy atom. The lowest BCUT2D eigenvalue weighted by molar-refractivity contribution is -0.125. The van der Waals surface area contributed by atoms with Crippen molar-refractivity contribution in [2.45, 2.75) is 57.7 Å². The second-order valence-electron chi connectivity index (χ2n) is 9.68. The average molecular weight is 428 g/mol. The van der Waals surface area contributed by atoms with Crippen molar-refractivity contribution in [2.75, 3.05) is 13.1 Å². The zero-order chi connectivity index (χ0) is 22.2. The normalized spacial score (nSPS) is 22.2. The number of amides is 1. The molecular weight excluding hydrogens is 394 g/mol. The largest absolute Gasteiger partial charge is 0.355 e. The first-order valence-corrected chi connectivity index (χ1v) is 11.8. The summed E-state index contributed by atoms with van der Waals surface area (Å²) >= 11 is 0. The van der Waals surface area contributed by atoms with Crippen LogP contribution < -0.4 is 5.32 Å². The van der Waals surface area contributed by atoms with E-state index in [1.54, 1.807) is 0 Å². The Hall–Kier alpha value is -2.85.